The Hall–Kier alpha value is -7.21. The van der Waals surface area contributed by atoms with E-state index in [9.17, 15) is 44.4 Å². The number of hydrogen-bond acceptors (Lipinski definition) is 11. The van der Waals surface area contributed by atoms with Gasteiger partial charge in [0.25, 0.3) is 0 Å². The highest BCUT2D eigenvalue weighted by Gasteiger charge is 2.31. The number of amides is 5. The Bertz CT molecular complexity index is 2780. The van der Waals surface area contributed by atoms with E-state index in [1.807, 2.05) is 190 Å². The zero-order chi connectivity index (χ0) is 63.7. The standard InChI is InChI=1S/C16H25N3O3.C16H26N2O2.C16H25NO3.C15H23NO3/c1-15(2,3)10-7-9(18-19-14(22)13(17)21)8-11(12(10)20)16(4,5)6;1-15(2,3)11-7-10(9-13(19)18-17)8-12(14(11)20)16(4,5)6;1-15(2,3)11-7-10(9-17-14(19)20)8-12(13(11)18)16(4,5)6;1-14(2,3)9-8-12(17)10(15(4,5)6)7-11(9)16-13(18)19/h7-8,18,20H,1-6H3,(H2,17,21)(H,19,22);7-8,20H,9,17H2,1-6H3,(H,18,19);7-8,17-18H,9H2,1-6H3,(H,19,20);7-8,16-17H,1-6H3,(H,18,19). The van der Waals surface area contributed by atoms with Crippen LogP contribution in [-0.2, 0) is 70.7 Å². The first-order valence-corrected chi connectivity index (χ1v) is 27.0. The summed E-state index contributed by atoms with van der Waals surface area (Å²) in [6.45, 7) is 48.5. The van der Waals surface area contributed by atoms with Gasteiger partial charge in [-0.15, -0.1) is 0 Å². The van der Waals surface area contributed by atoms with Gasteiger partial charge in [0.2, 0.25) is 5.91 Å². The van der Waals surface area contributed by atoms with Crippen molar-refractivity contribution in [1.29, 1.82) is 0 Å². The van der Waals surface area contributed by atoms with Gasteiger partial charge in [0.1, 0.15) is 23.0 Å². The molecule has 452 valence electrons. The normalized spacial score (nSPS) is 12.2. The van der Waals surface area contributed by atoms with Gasteiger partial charge in [0.15, 0.2) is 0 Å². The maximum atomic E-state index is 11.5. The van der Waals surface area contributed by atoms with E-state index in [1.54, 1.807) is 24.3 Å². The summed E-state index contributed by atoms with van der Waals surface area (Å²) in [4.78, 5) is 55.1. The first-order valence-electron chi connectivity index (χ1n) is 27.0. The number of nitrogens with two attached hydrogens (primary N) is 2. The topological polar surface area (TPSA) is 319 Å². The highest BCUT2D eigenvalue weighted by atomic mass is 16.4. The minimum atomic E-state index is -1.10. The molecule has 0 saturated heterocycles. The maximum absolute atomic E-state index is 11.5. The molecule has 18 nitrogen and oxygen atoms in total. The lowest BCUT2D eigenvalue weighted by molar-refractivity contribution is -0.136. The average Bonchev–Trinajstić information content (AvgIpc) is 3.26. The lowest BCUT2D eigenvalue weighted by Crippen LogP contribution is -2.39. The smallest absolute Gasteiger partial charge is 0.409 e. The summed E-state index contributed by atoms with van der Waals surface area (Å²) in [6.07, 6.45) is -1.94. The predicted molar refractivity (Wildman–Crippen MR) is 326 cm³/mol. The fourth-order valence-electron chi connectivity index (χ4n) is 8.36. The second-order valence-corrected chi connectivity index (χ2v) is 28.7. The van der Waals surface area contributed by atoms with Crippen molar-refractivity contribution in [3.8, 4) is 23.0 Å². The molecule has 0 bridgehead atoms. The van der Waals surface area contributed by atoms with E-state index < -0.39 is 24.0 Å². The molecule has 4 aromatic carbocycles. The summed E-state index contributed by atoms with van der Waals surface area (Å²) in [7, 11) is 0. The lowest BCUT2D eigenvalue weighted by Gasteiger charge is -2.28. The number of carbonyl (C=O) groups excluding carboxylic acids is 3. The average molecular weight is 1130 g/mol. The van der Waals surface area contributed by atoms with Crippen molar-refractivity contribution in [3.63, 3.8) is 0 Å². The van der Waals surface area contributed by atoms with Crippen LogP contribution in [0.15, 0.2) is 48.5 Å². The van der Waals surface area contributed by atoms with Gasteiger partial charge in [0, 0.05) is 28.9 Å². The van der Waals surface area contributed by atoms with Crippen LogP contribution in [-0.4, -0.2) is 60.5 Å². The minimum absolute atomic E-state index is 0.195. The number of anilines is 2. The van der Waals surface area contributed by atoms with Crippen molar-refractivity contribution in [1.82, 2.24) is 16.2 Å². The molecule has 0 saturated carbocycles. The lowest BCUT2D eigenvalue weighted by atomic mass is 9.78. The predicted octanol–water partition coefficient (Wildman–Crippen LogP) is 12.3. The van der Waals surface area contributed by atoms with Gasteiger partial charge in [-0.1, -0.05) is 178 Å². The molecule has 0 atom stereocenters. The Labute approximate surface area is 482 Å². The SMILES string of the molecule is CC(C)(C)c1cc(CC(=O)NN)cc(C(C)(C)C)c1O.CC(C)(C)c1cc(CNC(=O)O)cc(C(C)(C)C)c1O.CC(C)(C)c1cc(NC(=O)O)c(C(C)(C)C)cc1O.CC(C)(C)c1cc(NNC(=O)C(N)=O)cc(C(C)(C)C)c1O. The van der Waals surface area contributed by atoms with Crippen LogP contribution in [0.25, 0.3) is 0 Å². The number of benzene rings is 4. The van der Waals surface area contributed by atoms with Gasteiger partial charge >= 0.3 is 24.0 Å². The molecule has 0 fully saturated rings. The monoisotopic (exact) mass is 1130 g/mol. The van der Waals surface area contributed by atoms with Crippen LogP contribution >= 0.6 is 0 Å². The Kier molecular flexibility index (Phi) is 23.6. The molecular weight excluding hydrogens is 1030 g/mol. The molecule has 0 spiro atoms. The fraction of sp³-hybridized carbons (Fsp3) is 0.540. The van der Waals surface area contributed by atoms with Crippen molar-refractivity contribution in [2.75, 3.05) is 10.7 Å². The Morgan fingerprint density at radius 2 is 0.753 bits per heavy atom. The van der Waals surface area contributed by atoms with Crippen LogP contribution in [0.3, 0.4) is 0 Å². The number of primary amides is 1. The molecule has 4 rings (SSSR count). The summed E-state index contributed by atoms with van der Waals surface area (Å²) < 4.78 is 0. The van der Waals surface area contributed by atoms with Crippen LogP contribution in [0.1, 0.15) is 222 Å². The number of nitrogens with one attached hydrogen (secondary N) is 5. The third-order valence-corrected chi connectivity index (χ3v) is 12.8. The third-order valence-electron chi connectivity index (χ3n) is 12.8. The Balaban J connectivity index is 0.000000541. The van der Waals surface area contributed by atoms with E-state index in [0.29, 0.717) is 22.9 Å². The van der Waals surface area contributed by atoms with E-state index in [2.05, 4.69) is 26.9 Å². The largest absolute Gasteiger partial charge is 0.508 e. The number of rotatable bonds is 7. The van der Waals surface area contributed by atoms with Crippen LogP contribution in [0, 0.1) is 0 Å². The molecule has 4 aromatic rings. The van der Waals surface area contributed by atoms with E-state index >= 15 is 0 Å². The Morgan fingerprint density at radius 1 is 0.432 bits per heavy atom. The highest BCUT2D eigenvalue weighted by molar-refractivity contribution is 6.34. The van der Waals surface area contributed by atoms with Crippen molar-refractivity contribution in [2.45, 2.75) is 222 Å². The number of phenols is 4. The Morgan fingerprint density at radius 3 is 1.04 bits per heavy atom. The van der Waals surface area contributed by atoms with Crippen molar-refractivity contribution in [2.24, 2.45) is 11.6 Å². The molecule has 15 N–H and O–H groups in total. The summed E-state index contributed by atoms with van der Waals surface area (Å²) in [5.41, 5.74) is 19.3. The number of carboxylic acid groups (broad SMARTS) is 2. The van der Waals surface area contributed by atoms with Gasteiger partial charge < -0.3 is 41.7 Å². The van der Waals surface area contributed by atoms with Gasteiger partial charge in [-0.25, -0.2) is 15.4 Å². The summed E-state index contributed by atoms with van der Waals surface area (Å²) in [5, 5.41) is 64.3. The van der Waals surface area contributed by atoms with Crippen LogP contribution in [0.2, 0.25) is 0 Å². The van der Waals surface area contributed by atoms with E-state index in [4.69, 9.17) is 21.8 Å². The van der Waals surface area contributed by atoms with Crippen LogP contribution < -0.4 is 38.5 Å². The van der Waals surface area contributed by atoms with E-state index in [-0.39, 0.29) is 73.7 Å². The maximum Gasteiger partial charge on any atom is 0.409 e. The van der Waals surface area contributed by atoms with Crippen molar-refractivity contribution >= 4 is 41.3 Å². The molecule has 0 heterocycles. The molecule has 0 unspecified atom stereocenters. The quantitative estimate of drug-likeness (QED) is 0.0269. The summed E-state index contributed by atoms with van der Waals surface area (Å²) in [5.74, 6) is 3.98. The van der Waals surface area contributed by atoms with Gasteiger partial charge in [-0.2, -0.15) is 0 Å². The summed E-state index contributed by atoms with van der Waals surface area (Å²) in [6, 6.07) is 14.4. The van der Waals surface area contributed by atoms with Gasteiger partial charge in [-0.05, 0) is 119 Å². The number of hydrazine groups is 2. The highest BCUT2D eigenvalue weighted by Crippen LogP contribution is 2.44. The van der Waals surface area contributed by atoms with Crippen molar-refractivity contribution in [3.05, 3.63) is 104 Å². The molecule has 0 aromatic heterocycles. The van der Waals surface area contributed by atoms with E-state index in [0.717, 1.165) is 55.6 Å². The molecule has 18 heteroatoms. The zero-order valence-electron chi connectivity index (χ0n) is 52.9. The van der Waals surface area contributed by atoms with E-state index in [1.165, 1.54) is 0 Å². The summed E-state index contributed by atoms with van der Waals surface area (Å²) >= 11 is 0. The minimum Gasteiger partial charge on any atom is -0.508 e. The molecule has 0 aliphatic carbocycles. The van der Waals surface area contributed by atoms with Crippen molar-refractivity contribution < 1.29 is 54.6 Å². The number of carbonyl (C=O) groups is 5. The molecule has 0 aliphatic heterocycles. The number of phenolic OH excluding ortho intramolecular Hbond substituents is 4. The second-order valence-electron chi connectivity index (χ2n) is 28.7. The van der Waals surface area contributed by atoms with Crippen LogP contribution in [0.4, 0.5) is 21.0 Å². The molecule has 0 aliphatic rings. The first kappa shape index (κ1) is 71.8. The molecule has 0 radical (unpaired) electrons. The fourth-order valence-corrected chi connectivity index (χ4v) is 8.36. The molecule has 81 heavy (non-hydrogen) atoms. The zero-order valence-corrected chi connectivity index (χ0v) is 52.9. The molecule has 5 amide bonds. The number of hydrogen-bond donors (Lipinski definition) is 13. The van der Waals surface area contributed by atoms with Gasteiger partial charge in [0.05, 0.1) is 12.1 Å². The first-order chi connectivity index (χ1) is 36.2. The van der Waals surface area contributed by atoms with Gasteiger partial charge in [-0.3, -0.25) is 36.0 Å². The third kappa shape index (κ3) is 22.0. The second kappa shape index (κ2) is 26.6. The molecular formula is C63H99N7O11. The number of aromatic hydroxyl groups is 4. The van der Waals surface area contributed by atoms with Crippen LogP contribution in [0.5, 0.6) is 23.0 Å².